The van der Waals surface area contributed by atoms with E-state index in [4.69, 9.17) is 4.74 Å². The molecule has 2 rings (SSSR count). The molecule has 0 radical (unpaired) electrons. The largest absolute Gasteiger partial charge is 0.413 e. The van der Waals surface area contributed by atoms with Crippen LogP contribution in [0.15, 0.2) is 18.2 Å². The standard InChI is InChI=1S/C14H19NO2/c1-13(2,3)9-6-7-11-10(8-9)14(4,5)15-12(16)17-11/h6-8H,1-5H3,(H,15,16). The Morgan fingerprint density at radius 3 is 2.47 bits per heavy atom. The molecule has 0 atom stereocenters. The van der Waals surface area contributed by atoms with E-state index in [1.165, 1.54) is 5.56 Å². The Morgan fingerprint density at radius 1 is 1.24 bits per heavy atom. The van der Waals surface area contributed by atoms with Crippen LogP contribution in [-0.2, 0) is 11.0 Å². The molecule has 0 aromatic heterocycles. The fourth-order valence-electron chi connectivity index (χ4n) is 2.02. The van der Waals surface area contributed by atoms with E-state index in [1.54, 1.807) is 0 Å². The van der Waals surface area contributed by atoms with Crippen LogP contribution in [0.25, 0.3) is 0 Å². The first-order valence-electron chi connectivity index (χ1n) is 5.85. The second-order valence-corrected chi connectivity index (χ2v) is 6.10. The Balaban J connectivity index is 2.55. The van der Waals surface area contributed by atoms with Gasteiger partial charge >= 0.3 is 6.09 Å². The van der Waals surface area contributed by atoms with Crippen LogP contribution in [0.4, 0.5) is 4.79 Å². The summed E-state index contributed by atoms with van der Waals surface area (Å²) < 4.78 is 5.19. The van der Waals surface area contributed by atoms with Crippen molar-refractivity contribution in [3.8, 4) is 5.75 Å². The van der Waals surface area contributed by atoms with Gasteiger partial charge in [-0.25, -0.2) is 4.79 Å². The Bertz CT molecular complexity index is 470. The minimum atomic E-state index is -0.383. The number of carbonyl (C=O) groups excluding carboxylic acids is 1. The molecule has 1 N–H and O–H groups in total. The van der Waals surface area contributed by atoms with E-state index in [1.807, 2.05) is 26.0 Å². The zero-order valence-electron chi connectivity index (χ0n) is 11.0. The molecule has 1 aliphatic heterocycles. The first-order valence-corrected chi connectivity index (χ1v) is 5.85. The van der Waals surface area contributed by atoms with Crippen LogP contribution in [0, 0.1) is 0 Å². The average molecular weight is 233 g/mol. The van der Waals surface area contributed by atoms with Crippen molar-refractivity contribution in [1.82, 2.24) is 5.32 Å². The Labute approximate surface area is 102 Å². The third kappa shape index (κ3) is 2.14. The molecule has 1 heterocycles. The molecule has 1 aromatic carbocycles. The van der Waals surface area contributed by atoms with E-state index in [-0.39, 0.29) is 17.0 Å². The summed E-state index contributed by atoms with van der Waals surface area (Å²) >= 11 is 0. The second kappa shape index (κ2) is 3.49. The molecule has 1 aliphatic rings. The number of rotatable bonds is 0. The van der Waals surface area contributed by atoms with Gasteiger partial charge in [0.2, 0.25) is 0 Å². The minimum Gasteiger partial charge on any atom is -0.410 e. The zero-order valence-corrected chi connectivity index (χ0v) is 11.0. The number of benzene rings is 1. The highest BCUT2D eigenvalue weighted by Gasteiger charge is 2.33. The molecule has 17 heavy (non-hydrogen) atoms. The van der Waals surface area contributed by atoms with Gasteiger partial charge in [-0.3, -0.25) is 0 Å². The van der Waals surface area contributed by atoms with E-state index >= 15 is 0 Å². The predicted octanol–water partition coefficient (Wildman–Crippen LogP) is 3.32. The quantitative estimate of drug-likeness (QED) is 0.746. The zero-order chi connectivity index (χ0) is 12.8. The van der Waals surface area contributed by atoms with Crippen LogP contribution in [-0.4, -0.2) is 6.09 Å². The lowest BCUT2D eigenvalue weighted by molar-refractivity contribution is 0.177. The monoisotopic (exact) mass is 233 g/mol. The molecule has 3 heteroatoms. The van der Waals surface area contributed by atoms with Gasteiger partial charge in [0.25, 0.3) is 0 Å². The molecule has 0 bridgehead atoms. The third-order valence-corrected chi connectivity index (χ3v) is 3.14. The lowest BCUT2D eigenvalue weighted by Gasteiger charge is -2.34. The normalized spacial score (nSPS) is 18.1. The fraction of sp³-hybridized carbons (Fsp3) is 0.500. The van der Waals surface area contributed by atoms with Gasteiger partial charge in [-0.15, -0.1) is 0 Å². The van der Waals surface area contributed by atoms with Crippen LogP contribution >= 0.6 is 0 Å². The van der Waals surface area contributed by atoms with Crippen molar-refractivity contribution < 1.29 is 9.53 Å². The molecular weight excluding hydrogens is 214 g/mol. The molecule has 0 unspecified atom stereocenters. The smallest absolute Gasteiger partial charge is 0.410 e. The van der Waals surface area contributed by atoms with E-state index in [0.717, 1.165) is 5.56 Å². The van der Waals surface area contributed by atoms with Gasteiger partial charge in [-0.1, -0.05) is 26.8 Å². The summed E-state index contributed by atoms with van der Waals surface area (Å²) in [5, 5.41) is 2.83. The van der Waals surface area contributed by atoms with Gasteiger partial charge in [0.05, 0.1) is 5.54 Å². The van der Waals surface area contributed by atoms with Gasteiger partial charge in [-0.2, -0.15) is 0 Å². The van der Waals surface area contributed by atoms with Crippen molar-refractivity contribution >= 4 is 6.09 Å². The summed E-state index contributed by atoms with van der Waals surface area (Å²) in [4.78, 5) is 11.4. The lowest BCUT2D eigenvalue weighted by atomic mass is 9.82. The highest BCUT2D eigenvalue weighted by atomic mass is 16.6. The van der Waals surface area contributed by atoms with Crippen molar-refractivity contribution in [2.45, 2.75) is 45.6 Å². The van der Waals surface area contributed by atoms with Crippen LogP contribution in [0.1, 0.15) is 45.7 Å². The van der Waals surface area contributed by atoms with Crippen LogP contribution in [0.5, 0.6) is 5.75 Å². The maximum absolute atomic E-state index is 11.4. The number of hydrogen-bond acceptors (Lipinski definition) is 2. The molecule has 0 spiro atoms. The molecule has 0 saturated carbocycles. The molecule has 3 nitrogen and oxygen atoms in total. The van der Waals surface area contributed by atoms with Gasteiger partial charge in [-0.05, 0) is 37.0 Å². The highest BCUT2D eigenvalue weighted by Crippen LogP contribution is 2.36. The molecule has 92 valence electrons. The summed E-state index contributed by atoms with van der Waals surface area (Å²) in [5.41, 5.74) is 1.98. The summed E-state index contributed by atoms with van der Waals surface area (Å²) in [5.74, 6) is 0.659. The summed E-state index contributed by atoms with van der Waals surface area (Å²) in [6, 6.07) is 6.03. The van der Waals surface area contributed by atoms with Crippen LogP contribution in [0.3, 0.4) is 0 Å². The van der Waals surface area contributed by atoms with Crippen LogP contribution < -0.4 is 10.1 Å². The molecule has 1 amide bonds. The maximum atomic E-state index is 11.4. The average Bonchev–Trinajstić information content (AvgIpc) is 2.13. The molecule has 0 aliphatic carbocycles. The third-order valence-electron chi connectivity index (χ3n) is 3.14. The van der Waals surface area contributed by atoms with Gasteiger partial charge in [0, 0.05) is 5.56 Å². The Morgan fingerprint density at radius 2 is 1.88 bits per heavy atom. The Hall–Kier alpha value is -1.51. The van der Waals surface area contributed by atoms with Gasteiger partial charge < -0.3 is 10.1 Å². The van der Waals surface area contributed by atoms with Gasteiger partial charge in [0.1, 0.15) is 5.75 Å². The van der Waals surface area contributed by atoms with E-state index < -0.39 is 0 Å². The lowest BCUT2D eigenvalue weighted by Crippen LogP contribution is -2.46. The van der Waals surface area contributed by atoms with Crippen molar-refractivity contribution in [3.63, 3.8) is 0 Å². The molecule has 0 saturated heterocycles. The van der Waals surface area contributed by atoms with Crippen molar-refractivity contribution in [2.24, 2.45) is 0 Å². The number of hydrogen-bond donors (Lipinski definition) is 1. The topological polar surface area (TPSA) is 38.3 Å². The van der Waals surface area contributed by atoms with Crippen molar-refractivity contribution in [2.75, 3.05) is 0 Å². The molecule has 1 aromatic rings. The number of ether oxygens (including phenoxy) is 1. The van der Waals surface area contributed by atoms with E-state index in [9.17, 15) is 4.79 Å². The number of amides is 1. The first-order chi connectivity index (χ1) is 7.70. The number of fused-ring (bicyclic) bond motifs is 1. The van der Waals surface area contributed by atoms with Crippen LogP contribution in [0.2, 0.25) is 0 Å². The van der Waals surface area contributed by atoms with E-state index in [2.05, 4.69) is 32.2 Å². The molecule has 0 fully saturated rings. The minimum absolute atomic E-state index is 0.0898. The second-order valence-electron chi connectivity index (χ2n) is 6.10. The fourth-order valence-corrected chi connectivity index (χ4v) is 2.02. The SMILES string of the molecule is CC(C)(C)c1ccc2c(c1)C(C)(C)NC(=O)O2. The van der Waals surface area contributed by atoms with Gasteiger partial charge in [0.15, 0.2) is 0 Å². The summed E-state index contributed by atoms with van der Waals surface area (Å²) in [6.07, 6.45) is -0.383. The maximum Gasteiger partial charge on any atom is 0.413 e. The summed E-state index contributed by atoms with van der Waals surface area (Å²) in [6.45, 7) is 10.5. The predicted molar refractivity (Wildman–Crippen MR) is 67.3 cm³/mol. The summed E-state index contributed by atoms with van der Waals surface area (Å²) in [7, 11) is 0. The van der Waals surface area contributed by atoms with E-state index in [0.29, 0.717) is 5.75 Å². The number of nitrogens with one attached hydrogen (secondary N) is 1. The van der Waals surface area contributed by atoms with Crippen molar-refractivity contribution in [1.29, 1.82) is 0 Å². The van der Waals surface area contributed by atoms with Crippen molar-refractivity contribution in [3.05, 3.63) is 29.3 Å². The molecular formula is C14H19NO2. The number of carbonyl (C=O) groups is 1. The highest BCUT2D eigenvalue weighted by molar-refractivity contribution is 5.75. The Kier molecular flexibility index (Phi) is 2.45. The first kappa shape index (κ1) is 12.0.